The second kappa shape index (κ2) is 8.15. The zero-order valence-corrected chi connectivity index (χ0v) is 12.5. The highest BCUT2D eigenvalue weighted by Crippen LogP contribution is 2.21. The molecule has 2 atom stereocenters. The zero-order chi connectivity index (χ0) is 15.1. The molecule has 0 aromatic heterocycles. The van der Waals surface area contributed by atoms with Crippen molar-refractivity contribution in [2.24, 2.45) is 11.1 Å². The molecule has 0 fully saturated rings. The van der Waals surface area contributed by atoms with Crippen molar-refractivity contribution in [3.63, 3.8) is 0 Å². The van der Waals surface area contributed by atoms with Crippen molar-refractivity contribution < 1.29 is 14.7 Å². The lowest BCUT2D eigenvalue weighted by Gasteiger charge is -2.23. The first-order valence-corrected chi connectivity index (χ1v) is 6.93. The number of carbonyl (C=O) groups is 2. The summed E-state index contributed by atoms with van der Waals surface area (Å²) in [7, 11) is 0. The van der Waals surface area contributed by atoms with E-state index in [1.165, 1.54) is 0 Å². The number of rotatable bonds is 8. The lowest BCUT2D eigenvalue weighted by molar-refractivity contribution is -0.142. The number of unbranched alkanes of at least 4 members (excludes halogenated alkanes) is 1. The van der Waals surface area contributed by atoms with Gasteiger partial charge in [-0.15, -0.1) is 0 Å². The third-order valence-corrected chi connectivity index (χ3v) is 2.80. The number of carbonyl (C=O) groups excluding carboxylic acids is 1. The second-order valence-corrected chi connectivity index (χ2v) is 6.33. The van der Waals surface area contributed by atoms with Crippen LogP contribution in [0.5, 0.6) is 0 Å². The summed E-state index contributed by atoms with van der Waals surface area (Å²) in [6.07, 6.45) is 3.06. The predicted molar refractivity (Wildman–Crippen MR) is 75.8 cm³/mol. The molecule has 0 saturated heterocycles. The Morgan fingerprint density at radius 3 is 2.32 bits per heavy atom. The van der Waals surface area contributed by atoms with Gasteiger partial charge in [-0.1, -0.05) is 40.5 Å². The third-order valence-electron chi connectivity index (χ3n) is 2.80. The Morgan fingerprint density at radius 1 is 1.32 bits per heavy atom. The van der Waals surface area contributed by atoms with Crippen LogP contribution in [0, 0.1) is 5.41 Å². The number of hydrogen-bond donors (Lipinski definition) is 3. The SMILES string of the molecule is CCCCC(NC(=O)CC(N)CC(C)(C)C)C(=O)O. The molecule has 19 heavy (non-hydrogen) atoms. The first kappa shape index (κ1) is 17.9. The van der Waals surface area contributed by atoms with E-state index >= 15 is 0 Å². The smallest absolute Gasteiger partial charge is 0.326 e. The first-order valence-electron chi connectivity index (χ1n) is 6.93. The number of carboxylic acid groups (broad SMARTS) is 1. The average molecular weight is 272 g/mol. The highest BCUT2D eigenvalue weighted by atomic mass is 16.4. The van der Waals surface area contributed by atoms with E-state index < -0.39 is 12.0 Å². The Kier molecular flexibility index (Phi) is 7.68. The van der Waals surface area contributed by atoms with Gasteiger partial charge in [0.15, 0.2) is 0 Å². The van der Waals surface area contributed by atoms with Gasteiger partial charge in [0.25, 0.3) is 0 Å². The van der Waals surface area contributed by atoms with Crippen molar-refractivity contribution in [1.29, 1.82) is 0 Å². The molecular formula is C14H28N2O3. The number of nitrogens with one attached hydrogen (secondary N) is 1. The van der Waals surface area contributed by atoms with Gasteiger partial charge in [-0.05, 0) is 18.3 Å². The summed E-state index contributed by atoms with van der Waals surface area (Å²) in [5.41, 5.74) is 5.97. The molecular weight excluding hydrogens is 244 g/mol. The van der Waals surface area contributed by atoms with Crippen LogP contribution in [0.25, 0.3) is 0 Å². The van der Waals surface area contributed by atoms with E-state index in [1.807, 2.05) is 6.92 Å². The van der Waals surface area contributed by atoms with Gasteiger partial charge in [0, 0.05) is 12.5 Å². The zero-order valence-electron chi connectivity index (χ0n) is 12.5. The number of amides is 1. The molecule has 0 aliphatic carbocycles. The molecule has 0 aliphatic heterocycles. The quantitative estimate of drug-likeness (QED) is 0.629. The normalized spacial score (nSPS) is 14.8. The summed E-state index contributed by atoms with van der Waals surface area (Å²) in [4.78, 5) is 22.8. The summed E-state index contributed by atoms with van der Waals surface area (Å²) in [6, 6.07) is -1.03. The third kappa shape index (κ3) is 9.47. The van der Waals surface area contributed by atoms with Crippen LogP contribution < -0.4 is 11.1 Å². The summed E-state index contributed by atoms with van der Waals surface area (Å²) in [6.45, 7) is 8.17. The van der Waals surface area contributed by atoms with Crippen LogP contribution in [0.3, 0.4) is 0 Å². The van der Waals surface area contributed by atoms with E-state index in [9.17, 15) is 9.59 Å². The summed E-state index contributed by atoms with van der Waals surface area (Å²) in [5.74, 6) is -1.26. The largest absolute Gasteiger partial charge is 0.480 e. The van der Waals surface area contributed by atoms with Crippen LogP contribution in [0.15, 0.2) is 0 Å². The molecule has 1 amide bonds. The standard InChI is InChI=1S/C14H28N2O3/c1-5-6-7-11(13(18)19)16-12(17)8-10(15)9-14(2,3)4/h10-11H,5-9,15H2,1-4H3,(H,16,17)(H,18,19). The van der Waals surface area contributed by atoms with Crippen LogP contribution in [0.2, 0.25) is 0 Å². The van der Waals surface area contributed by atoms with Crippen molar-refractivity contribution in [2.75, 3.05) is 0 Å². The maximum Gasteiger partial charge on any atom is 0.326 e. The van der Waals surface area contributed by atoms with Crippen molar-refractivity contribution in [3.05, 3.63) is 0 Å². The van der Waals surface area contributed by atoms with Gasteiger partial charge in [0.05, 0.1) is 0 Å². The monoisotopic (exact) mass is 272 g/mol. The van der Waals surface area contributed by atoms with Gasteiger partial charge in [0.2, 0.25) is 5.91 Å². The number of nitrogens with two attached hydrogens (primary N) is 1. The first-order chi connectivity index (χ1) is 8.65. The molecule has 0 rings (SSSR count). The molecule has 0 saturated carbocycles. The Bertz CT molecular complexity index is 298. The molecule has 0 spiro atoms. The van der Waals surface area contributed by atoms with Gasteiger partial charge < -0.3 is 16.2 Å². The summed E-state index contributed by atoms with van der Waals surface area (Å²) < 4.78 is 0. The molecule has 5 heteroatoms. The van der Waals surface area contributed by atoms with E-state index in [4.69, 9.17) is 10.8 Å². The summed E-state index contributed by atoms with van der Waals surface area (Å²) >= 11 is 0. The van der Waals surface area contributed by atoms with Gasteiger partial charge in [-0.3, -0.25) is 4.79 Å². The number of carboxylic acids is 1. The molecule has 0 bridgehead atoms. The molecule has 0 aromatic carbocycles. The fourth-order valence-corrected chi connectivity index (χ4v) is 2.02. The highest BCUT2D eigenvalue weighted by molar-refractivity contribution is 5.83. The van der Waals surface area contributed by atoms with Crippen LogP contribution >= 0.6 is 0 Å². The van der Waals surface area contributed by atoms with E-state index in [1.54, 1.807) is 0 Å². The van der Waals surface area contributed by atoms with E-state index in [-0.39, 0.29) is 23.8 Å². The molecule has 112 valence electrons. The molecule has 5 nitrogen and oxygen atoms in total. The number of hydrogen-bond acceptors (Lipinski definition) is 3. The maximum atomic E-state index is 11.8. The van der Waals surface area contributed by atoms with Gasteiger partial charge in [-0.2, -0.15) is 0 Å². The van der Waals surface area contributed by atoms with Crippen LogP contribution in [0.1, 0.15) is 59.8 Å². The molecule has 0 aliphatic rings. The van der Waals surface area contributed by atoms with Crippen molar-refractivity contribution in [2.45, 2.75) is 71.9 Å². The second-order valence-electron chi connectivity index (χ2n) is 6.33. The number of aliphatic carboxylic acids is 1. The van der Waals surface area contributed by atoms with Crippen molar-refractivity contribution in [3.8, 4) is 0 Å². The Hall–Kier alpha value is -1.10. The maximum absolute atomic E-state index is 11.8. The van der Waals surface area contributed by atoms with E-state index in [2.05, 4.69) is 26.1 Å². The fourth-order valence-electron chi connectivity index (χ4n) is 2.02. The van der Waals surface area contributed by atoms with Gasteiger partial charge in [-0.25, -0.2) is 4.79 Å². The van der Waals surface area contributed by atoms with Crippen LogP contribution in [-0.2, 0) is 9.59 Å². The average Bonchev–Trinajstić information content (AvgIpc) is 2.20. The van der Waals surface area contributed by atoms with Gasteiger partial charge in [0.1, 0.15) is 6.04 Å². The lowest BCUT2D eigenvalue weighted by Crippen LogP contribution is -2.43. The minimum Gasteiger partial charge on any atom is -0.480 e. The molecule has 4 N–H and O–H groups in total. The lowest BCUT2D eigenvalue weighted by atomic mass is 9.87. The van der Waals surface area contributed by atoms with Crippen LogP contribution in [0.4, 0.5) is 0 Å². The minimum atomic E-state index is -0.980. The Balaban J connectivity index is 4.22. The summed E-state index contributed by atoms with van der Waals surface area (Å²) in [5, 5.41) is 11.6. The highest BCUT2D eigenvalue weighted by Gasteiger charge is 2.22. The topological polar surface area (TPSA) is 92.4 Å². The van der Waals surface area contributed by atoms with Crippen LogP contribution in [-0.4, -0.2) is 29.1 Å². The Morgan fingerprint density at radius 2 is 1.89 bits per heavy atom. The van der Waals surface area contributed by atoms with Gasteiger partial charge >= 0.3 is 5.97 Å². The molecule has 0 aromatic rings. The molecule has 2 unspecified atom stereocenters. The molecule has 0 heterocycles. The van der Waals surface area contributed by atoms with Crippen molar-refractivity contribution >= 4 is 11.9 Å². The fraction of sp³-hybridized carbons (Fsp3) is 0.857. The van der Waals surface area contributed by atoms with E-state index in [0.717, 1.165) is 19.3 Å². The minimum absolute atomic E-state index is 0.0636. The predicted octanol–water partition coefficient (Wildman–Crippen LogP) is 1.90. The van der Waals surface area contributed by atoms with E-state index in [0.29, 0.717) is 6.42 Å². The Labute approximate surface area is 115 Å². The molecule has 0 radical (unpaired) electrons. The van der Waals surface area contributed by atoms with Crippen molar-refractivity contribution in [1.82, 2.24) is 5.32 Å².